The van der Waals surface area contributed by atoms with E-state index < -0.39 is 36.0 Å². The standard InChI is InChI=1S/C52H50F6N6O4/c1-34-10-11-38(49(65)61-41-16-20-47(59-32-41)63-22-6-2-3-7-23-63)30-45(34)40-27-35(28-44(29-40)68-52(56,57)58)26-37-12-13-39(31-46(37)36-14-18-43(19-15-36)67-51(53,54)55)50(66)62-42-17-21-48(60-33-42)64-24-8-4-5-9-25-64/h10-21,27-33H,2-9,22-26H2,1H3,(H,61,65)(H,62,66). The first-order valence-electron chi connectivity index (χ1n) is 22.7. The van der Waals surface area contributed by atoms with E-state index in [1.165, 1.54) is 49.9 Å². The molecule has 4 heterocycles. The molecule has 16 heteroatoms. The summed E-state index contributed by atoms with van der Waals surface area (Å²) in [4.78, 5) is 40.9. The number of rotatable bonds is 12. The highest BCUT2D eigenvalue weighted by molar-refractivity contribution is 6.06. The molecule has 10 nitrogen and oxygen atoms in total. The molecular weight excluding hydrogens is 887 g/mol. The van der Waals surface area contributed by atoms with Crippen LogP contribution < -0.4 is 29.9 Å². The third-order valence-electron chi connectivity index (χ3n) is 12.0. The second-order valence-corrected chi connectivity index (χ2v) is 17.1. The van der Waals surface area contributed by atoms with Gasteiger partial charge in [-0.15, -0.1) is 26.3 Å². The van der Waals surface area contributed by atoms with Gasteiger partial charge in [-0.25, -0.2) is 9.97 Å². The van der Waals surface area contributed by atoms with E-state index in [2.05, 4.69) is 39.9 Å². The van der Waals surface area contributed by atoms with E-state index in [1.807, 2.05) is 12.1 Å². The van der Waals surface area contributed by atoms with Crippen LogP contribution in [0.15, 0.2) is 116 Å². The third-order valence-corrected chi connectivity index (χ3v) is 12.0. The van der Waals surface area contributed by atoms with Crippen molar-refractivity contribution >= 4 is 34.8 Å². The Morgan fingerprint density at radius 2 is 1.04 bits per heavy atom. The van der Waals surface area contributed by atoms with Crippen LogP contribution in [0.1, 0.15) is 88.8 Å². The average molecular weight is 937 g/mol. The molecule has 2 fully saturated rings. The summed E-state index contributed by atoms with van der Waals surface area (Å²) in [6.07, 6.45) is 2.24. The van der Waals surface area contributed by atoms with Crippen molar-refractivity contribution in [3.05, 3.63) is 143 Å². The minimum absolute atomic E-state index is 0.00161. The van der Waals surface area contributed by atoms with Crippen LogP contribution in [0.2, 0.25) is 0 Å². The fraction of sp³-hybridized carbons (Fsp3) is 0.308. The monoisotopic (exact) mass is 936 g/mol. The number of anilines is 4. The Bertz CT molecular complexity index is 2700. The number of amides is 2. The molecule has 354 valence electrons. The molecule has 0 aliphatic carbocycles. The van der Waals surface area contributed by atoms with Crippen molar-refractivity contribution in [1.82, 2.24) is 9.97 Å². The maximum absolute atomic E-state index is 13.8. The van der Waals surface area contributed by atoms with Crippen LogP contribution in [0.25, 0.3) is 22.3 Å². The fourth-order valence-corrected chi connectivity index (χ4v) is 8.68. The van der Waals surface area contributed by atoms with Crippen LogP contribution in [0, 0.1) is 6.92 Å². The number of hydrogen-bond donors (Lipinski definition) is 2. The summed E-state index contributed by atoms with van der Waals surface area (Å²) in [5.74, 6) is -0.246. The lowest BCUT2D eigenvalue weighted by molar-refractivity contribution is -0.275. The second kappa shape index (κ2) is 20.8. The second-order valence-electron chi connectivity index (χ2n) is 17.1. The Kier molecular flexibility index (Phi) is 14.5. The van der Waals surface area contributed by atoms with Crippen molar-refractivity contribution in [2.24, 2.45) is 0 Å². The van der Waals surface area contributed by atoms with Crippen LogP contribution in [0.3, 0.4) is 0 Å². The smallest absolute Gasteiger partial charge is 0.406 e. The van der Waals surface area contributed by atoms with E-state index in [1.54, 1.807) is 73.9 Å². The number of carbonyl (C=O) groups excluding carboxylic acids is 2. The lowest BCUT2D eigenvalue weighted by Crippen LogP contribution is -2.24. The Morgan fingerprint density at radius 1 is 0.544 bits per heavy atom. The molecule has 2 amide bonds. The van der Waals surface area contributed by atoms with Gasteiger partial charge in [0.2, 0.25) is 0 Å². The number of benzene rings is 4. The van der Waals surface area contributed by atoms with E-state index in [4.69, 9.17) is 0 Å². The molecule has 0 bridgehead atoms. The van der Waals surface area contributed by atoms with Gasteiger partial charge in [-0.2, -0.15) is 0 Å². The summed E-state index contributed by atoms with van der Waals surface area (Å²) in [6, 6.07) is 26.3. The minimum atomic E-state index is -5.04. The number of nitrogens with zero attached hydrogens (tertiary/aromatic N) is 4. The lowest BCUT2D eigenvalue weighted by Gasteiger charge is -2.21. The van der Waals surface area contributed by atoms with Gasteiger partial charge in [0.05, 0.1) is 23.8 Å². The zero-order valence-corrected chi connectivity index (χ0v) is 37.4. The molecule has 0 radical (unpaired) electrons. The first-order chi connectivity index (χ1) is 32.6. The summed E-state index contributed by atoms with van der Waals surface area (Å²) < 4.78 is 89.4. The van der Waals surface area contributed by atoms with Crippen molar-refractivity contribution in [2.45, 2.75) is 77.4 Å². The molecule has 4 aromatic carbocycles. The quantitative estimate of drug-likeness (QED) is 0.117. The largest absolute Gasteiger partial charge is 0.573 e. The number of ether oxygens (including phenoxy) is 2. The highest BCUT2D eigenvalue weighted by Gasteiger charge is 2.32. The van der Waals surface area contributed by atoms with Gasteiger partial charge in [-0.05, 0) is 151 Å². The first-order valence-corrected chi connectivity index (χ1v) is 22.7. The van der Waals surface area contributed by atoms with Crippen molar-refractivity contribution in [3.63, 3.8) is 0 Å². The van der Waals surface area contributed by atoms with Crippen molar-refractivity contribution in [1.29, 1.82) is 0 Å². The van der Waals surface area contributed by atoms with E-state index in [-0.39, 0.29) is 17.5 Å². The Hall–Kier alpha value is -7.10. The molecular formula is C52H50F6N6O4. The fourth-order valence-electron chi connectivity index (χ4n) is 8.68. The van der Waals surface area contributed by atoms with Crippen LogP contribution in [0.4, 0.5) is 49.4 Å². The van der Waals surface area contributed by atoms with Crippen LogP contribution in [-0.2, 0) is 6.42 Å². The van der Waals surface area contributed by atoms with Gasteiger partial charge < -0.3 is 29.9 Å². The summed E-state index contributed by atoms with van der Waals surface area (Å²) in [5.41, 5.74) is 4.62. The minimum Gasteiger partial charge on any atom is -0.406 e. The zero-order valence-electron chi connectivity index (χ0n) is 37.4. The molecule has 2 aliphatic rings. The van der Waals surface area contributed by atoms with E-state index >= 15 is 0 Å². The van der Waals surface area contributed by atoms with E-state index in [9.17, 15) is 35.9 Å². The van der Waals surface area contributed by atoms with Gasteiger partial charge in [0.1, 0.15) is 23.1 Å². The number of hydrogen-bond acceptors (Lipinski definition) is 8. The van der Waals surface area contributed by atoms with Gasteiger partial charge in [0, 0.05) is 37.3 Å². The molecule has 6 aromatic rings. The van der Waals surface area contributed by atoms with E-state index in [0.29, 0.717) is 50.3 Å². The van der Waals surface area contributed by atoms with Crippen LogP contribution in [-0.4, -0.2) is 60.7 Å². The highest BCUT2D eigenvalue weighted by atomic mass is 19.4. The molecule has 2 aliphatic heterocycles. The maximum atomic E-state index is 13.8. The predicted octanol–water partition coefficient (Wildman–Crippen LogP) is 12.8. The van der Waals surface area contributed by atoms with Gasteiger partial charge in [0.15, 0.2) is 0 Å². The zero-order chi connectivity index (χ0) is 47.8. The number of halogens is 6. The topological polar surface area (TPSA) is 109 Å². The Labute approximate surface area is 390 Å². The van der Waals surface area contributed by atoms with Gasteiger partial charge in [-0.3, -0.25) is 9.59 Å². The van der Waals surface area contributed by atoms with Gasteiger partial charge in [0.25, 0.3) is 11.8 Å². The van der Waals surface area contributed by atoms with Crippen LogP contribution >= 0.6 is 0 Å². The Morgan fingerprint density at radius 3 is 1.54 bits per heavy atom. The molecule has 0 saturated carbocycles. The number of carbonyl (C=O) groups is 2. The van der Waals surface area contributed by atoms with Crippen molar-refractivity contribution < 1.29 is 45.4 Å². The number of alkyl halides is 6. The van der Waals surface area contributed by atoms with Crippen molar-refractivity contribution in [3.8, 4) is 33.8 Å². The number of pyridine rings is 2. The highest BCUT2D eigenvalue weighted by Crippen LogP contribution is 2.36. The molecule has 2 N–H and O–H groups in total. The van der Waals surface area contributed by atoms with E-state index in [0.717, 1.165) is 75.6 Å². The summed E-state index contributed by atoms with van der Waals surface area (Å²) in [6.45, 7) is 5.40. The molecule has 0 atom stereocenters. The molecule has 2 aromatic heterocycles. The number of aromatic nitrogens is 2. The lowest BCUT2D eigenvalue weighted by atomic mass is 9.91. The SMILES string of the molecule is Cc1ccc(C(=O)Nc2ccc(N3CCCCCC3)nc2)cc1-c1cc(Cc2ccc(C(=O)Nc3ccc(N4CCCCCC4)nc3)cc2-c2ccc(OC(F)(F)F)cc2)cc(OC(F)(F)F)c1. The van der Waals surface area contributed by atoms with Gasteiger partial charge >= 0.3 is 12.7 Å². The summed E-state index contributed by atoms with van der Waals surface area (Å²) in [5, 5.41) is 5.74. The maximum Gasteiger partial charge on any atom is 0.573 e. The molecule has 0 spiro atoms. The predicted molar refractivity (Wildman–Crippen MR) is 250 cm³/mol. The average Bonchev–Trinajstić information content (AvgIpc) is 3.76. The summed E-state index contributed by atoms with van der Waals surface area (Å²) in [7, 11) is 0. The van der Waals surface area contributed by atoms with Crippen molar-refractivity contribution in [2.75, 3.05) is 46.6 Å². The Balaban J connectivity index is 1.08. The normalized spacial score (nSPS) is 14.7. The number of nitrogens with one attached hydrogen (secondary N) is 2. The van der Waals surface area contributed by atoms with Crippen LogP contribution in [0.5, 0.6) is 11.5 Å². The summed E-state index contributed by atoms with van der Waals surface area (Å²) >= 11 is 0. The molecule has 0 unspecified atom stereocenters. The molecule has 2 saturated heterocycles. The molecule has 68 heavy (non-hydrogen) atoms. The van der Waals surface area contributed by atoms with Gasteiger partial charge in [-0.1, -0.05) is 56.0 Å². The molecule has 8 rings (SSSR count). The number of aryl methyl sites for hydroxylation is 1. The first kappa shape index (κ1) is 47.4. The third kappa shape index (κ3) is 12.7.